The second-order valence-corrected chi connectivity index (χ2v) is 6.75. The van der Waals surface area contributed by atoms with Crippen molar-refractivity contribution in [3.05, 3.63) is 40.4 Å². The summed E-state index contributed by atoms with van der Waals surface area (Å²) in [6, 6.07) is 4.46. The Labute approximate surface area is 155 Å². The van der Waals surface area contributed by atoms with Crippen LogP contribution in [0.15, 0.2) is 29.0 Å². The van der Waals surface area contributed by atoms with Gasteiger partial charge in [0.05, 0.1) is 10.5 Å². The maximum absolute atomic E-state index is 5.53. The van der Waals surface area contributed by atoms with Gasteiger partial charge in [-0.2, -0.15) is 0 Å². The predicted molar refractivity (Wildman–Crippen MR) is 96.7 cm³/mol. The maximum atomic E-state index is 5.53. The molecule has 0 spiro atoms. The topological polar surface area (TPSA) is 51.6 Å². The third kappa shape index (κ3) is 3.26. The fourth-order valence-electron chi connectivity index (χ4n) is 3.24. The maximum Gasteiger partial charge on any atom is 0.231 e. The van der Waals surface area contributed by atoms with Gasteiger partial charge in [-0.25, -0.2) is 4.98 Å². The normalized spacial score (nSPS) is 20.0. The van der Waals surface area contributed by atoms with E-state index in [1.54, 1.807) is 0 Å². The SMILES string of the molecule is Cl.Cn1ccnc1C1CNCCN1Cc1cc(Br)c2c(c1)OCO2. The first-order valence-corrected chi connectivity index (χ1v) is 8.51. The molecule has 6 nitrogen and oxygen atoms in total. The van der Waals surface area contributed by atoms with E-state index in [9.17, 15) is 0 Å². The Balaban J connectivity index is 0.00000169. The summed E-state index contributed by atoms with van der Waals surface area (Å²) >= 11 is 3.58. The van der Waals surface area contributed by atoms with Crippen molar-refractivity contribution in [1.82, 2.24) is 19.8 Å². The molecule has 3 heterocycles. The van der Waals surface area contributed by atoms with E-state index in [0.29, 0.717) is 6.79 Å². The van der Waals surface area contributed by atoms with Crippen LogP contribution >= 0.6 is 28.3 Å². The summed E-state index contributed by atoms with van der Waals surface area (Å²) in [5.41, 5.74) is 1.21. The minimum Gasteiger partial charge on any atom is -0.454 e. The average molecular weight is 416 g/mol. The lowest BCUT2D eigenvalue weighted by molar-refractivity contribution is 0.144. The van der Waals surface area contributed by atoms with Crippen LogP contribution in [-0.2, 0) is 13.6 Å². The Kier molecular flexibility index (Phi) is 5.34. The molecule has 1 aromatic heterocycles. The number of nitrogens with zero attached hydrogens (tertiary/aromatic N) is 3. The fraction of sp³-hybridized carbons (Fsp3) is 0.438. The van der Waals surface area contributed by atoms with E-state index in [1.807, 2.05) is 19.4 Å². The molecule has 1 fully saturated rings. The third-order valence-corrected chi connectivity index (χ3v) is 4.97. The molecule has 0 aliphatic carbocycles. The molecular weight excluding hydrogens is 396 g/mol. The number of hydrogen-bond acceptors (Lipinski definition) is 5. The minimum atomic E-state index is 0. The standard InChI is InChI=1S/C16H19BrN4O2.ClH/c1-20-4-3-19-16(20)13-8-18-2-5-21(13)9-11-6-12(17)15-14(7-11)22-10-23-15;/h3-4,6-7,13,18H,2,5,8-10H2,1H3;1H. The molecule has 24 heavy (non-hydrogen) atoms. The number of imidazole rings is 1. The van der Waals surface area contributed by atoms with Gasteiger partial charge in [0, 0.05) is 45.6 Å². The Morgan fingerprint density at radius 1 is 1.38 bits per heavy atom. The summed E-state index contributed by atoms with van der Waals surface area (Å²) in [5.74, 6) is 2.71. The quantitative estimate of drug-likeness (QED) is 0.835. The zero-order chi connectivity index (χ0) is 15.8. The number of nitrogens with one attached hydrogen (secondary N) is 1. The van der Waals surface area contributed by atoms with E-state index < -0.39 is 0 Å². The third-order valence-electron chi connectivity index (χ3n) is 4.38. The van der Waals surface area contributed by atoms with Crippen LogP contribution in [0, 0.1) is 0 Å². The van der Waals surface area contributed by atoms with Crippen LogP contribution in [0.2, 0.25) is 0 Å². The smallest absolute Gasteiger partial charge is 0.231 e. The minimum absolute atomic E-state index is 0. The number of piperazine rings is 1. The van der Waals surface area contributed by atoms with Crippen molar-refractivity contribution >= 4 is 28.3 Å². The number of ether oxygens (including phenoxy) is 2. The van der Waals surface area contributed by atoms with Gasteiger partial charge in [-0.15, -0.1) is 12.4 Å². The zero-order valence-electron chi connectivity index (χ0n) is 13.4. The summed E-state index contributed by atoms with van der Waals surface area (Å²) in [7, 11) is 2.05. The van der Waals surface area contributed by atoms with Crippen molar-refractivity contribution in [2.45, 2.75) is 12.6 Å². The molecule has 4 rings (SSSR count). The average Bonchev–Trinajstić information content (AvgIpc) is 3.17. The summed E-state index contributed by atoms with van der Waals surface area (Å²) in [5, 5.41) is 3.47. The van der Waals surface area contributed by atoms with Crippen LogP contribution in [0.5, 0.6) is 11.5 Å². The highest BCUT2D eigenvalue weighted by Gasteiger charge is 2.27. The first-order chi connectivity index (χ1) is 11.2. The van der Waals surface area contributed by atoms with E-state index in [0.717, 1.165) is 48.0 Å². The Morgan fingerprint density at radius 2 is 2.25 bits per heavy atom. The lowest BCUT2D eigenvalue weighted by Crippen LogP contribution is -2.46. The second-order valence-electron chi connectivity index (χ2n) is 5.90. The van der Waals surface area contributed by atoms with Crippen molar-refractivity contribution < 1.29 is 9.47 Å². The highest BCUT2D eigenvalue weighted by molar-refractivity contribution is 9.10. The lowest BCUT2D eigenvalue weighted by atomic mass is 10.1. The van der Waals surface area contributed by atoms with E-state index in [-0.39, 0.29) is 18.4 Å². The van der Waals surface area contributed by atoms with Gasteiger partial charge in [0.1, 0.15) is 5.82 Å². The number of halogens is 2. The van der Waals surface area contributed by atoms with E-state index >= 15 is 0 Å². The van der Waals surface area contributed by atoms with Crippen molar-refractivity contribution in [3.8, 4) is 11.5 Å². The first-order valence-electron chi connectivity index (χ1n) is 7.72. The molecular formula is C16H20BrClN4O2. The monoisotopic (exact) mass is 414 g/mol. The molecule has 8 heteroatoms. The van der Waals surface area contributed by atoms with Gasteiger partial charge in [-0.1, -0.05) is 0 Å². The molecule has 1 unspecified atom stereocenters. The molecule has 0 bridgehead atoms. The van der Waals surface area contributed by atoms with Gasteiger partial charge in [-0.3, -0.25) is 4.90 Å². The zero-order valence-corrected chi connectivity index (χ0v) is 15.8. The van der Waals surface area contributed by atoms with E-state index in [4.69, 9.17) is 9.47 Å². The van der Waals surface area contributed by atoms with Gasteiger partial charge >= 0.3 is 0 Å². The van der Waals surface area contributed by atoms with Crippen molar-refractivity contribution in [1.29, 1.82) is 0 Å². The summed E-state index contributed by atoms with van der Waals surface area (Å²) in [6.07, 6.45) is 3.86. The highest BCUT2D eigenvalue weighted by Crippen LogP contribution is 2.40. The second kappa shape index (κ2) is 7.31. The Bertz CT molecular complexity index is 724. The number of benzene rings is 1. The van der Waals surface area contributed by atoms with Gasteiger partial charge in [-0.05, 0) is 33.6 Å². The molecule has 2 aliphatic heterocycles. The van der Waals surface area contributed by atoms with E-state index in [2.05, 4.69) is 47.8 Å². The number of aromatic nitrogens is 2. The van der Waals surface area contributed by atoms with Crippen molar-refractivity contribution in [2.24, 2.45) is 7.05 Å². The van der Waals surface area contributed by atoms with Crippen LogP contribution in [0.3, 0.4) is 0 Å². The number of fused-ring (bicyclic) bond motifs is 1. The fourth-order valence-corrected chi connectivity index (χ4v) is 3.84. The molecule has 0 saturated carbocycles. The Hall–Kier alpha value is -1.28. The van der Waals surface area contributed by atoms with Crippen molar-refractivity contribution in [2.75, 3.05) is 26.4 Å². The molecule has 1 N–H and O–H groups in total. The lowest BCUT2D eigenvalue weighted by Gasteiger charge is -2.35. The molecule has 2 aliphatic rings. The van der Waals surface area contributed by atoms with Crippen molar-refractivity contribution in [3.63, 3.8) is 0 Å². The van der Waals surface area contributed by atoms with Crippen LogP contribution in [0.1, 0.15) is 17.4 Å². The molecule has 2 aromatic rings. The van der Waals surface area contributed by atoms with Gasteiger partial charge < -0.3 is 19.4 Å². The summed E-state index contributed by atoms with van der Waals surface area (Å²) in [4.78, 5) is 7.00. The molecule has 1 atom stereocenters. The summed E-state index contributed by atoms with van der Waals surface area (Å²) in [6.45, 7) is 4.04. The van der Waals surface area contributed by atoms with Crippen LogP contribution in [0.4, 0.5) is 0 Å². The number of rotatable bonds is 3. The van der Waals surface area contributed by atoms with Crippen LogP contribution in [0.25, 0.3) is 0 Å². The Morgan fingerprint density at radius 3 is 3.04 bits per heavy atom. The number of hydrogen-bond donors (Lipinski definition) is 1. The molecule has 0 radical (unpaired) electrons. The van der Waals surface area contributed by atoms with Gasteiger partial charge in [0.25, 0.3) is 0 Å². The van der Waals surface area contributed by atoms with Crippen LogP contribution < -0.4 is 14.8 Å². The predicted octanol–water partition coefficient (Wildman–Crippen LogP) is 2.48. The highest BCUT2D eigenvalue weighted by atomic mass is 79.9. The van der Waals surface area contributed by atoms with Crippen LogP contribution in [-0.4, -0.2) is 40.9 Å². The molecule has 1 aromatic carbocycles. The largest absolute Gasteiger partial charge is 0.454 e. The first kappa shape index (κ1) is 17.5. The molecule has 1 saturated heterocycles. The molecule has 130 valence electrons. The van der Waals surface area contributed by atoms with Gasteiger partial charge in [0.15, 0.2) is 11.5 Å². The van der Waals surface area contributed by atoms with Gasteiger partial charge in [0.2, 0.25) is 6.79 Å². The number of aryl methyl sites for hydroxylation is 1. The molecule has 0 amide bonds. The van der Waals surface area contributed by atoms with E-state index in [1.165, 1.54) is 5.56 Å². The summed E-state index contributed by atoms with van der Waals surface area (Å²) < 4.78 is 14.0.